The van der Waals surface area contributed by atoms with Crippen molar-refractivity contribution in [3.8, 4) is 0 Å². The maximum atomic E-state index is 11.8. The van der Waals surface area contributed by atoms with E-state index in [-0.39, 0.29) is 5.91 Å². The fraction of sp³-hybridized carbons (Fsp3) is 0.200. The van der Waals surface area contributed by atoms with Gasteiger partial charge in [0.05, 0.1) is 11.9 Å². The number of nitrogens with zero attached hydrogens (tertiary/aromatic N) is 1. The van der Waals surface area contributed by atoms with E-state index in [1.54, 1.807) is 12.1 Å². The van der Waals surface area contributed by atoms with Crippen LogP contribution in [-0.4, -0.2) is 10.9 Å². The molecule has 0 aliphatic rings. The average Bonchev–Trinajstić information content (AvgIpc) is 2.43. The number of aromatic nitrogens is 1. The second-order valence-electron chi connectivity index (χ2n) is 4.47. The predicted octanol–water partition coefficient (Wildman–Crippen LogP) is 3.39. The first-order valence-corrected chi connectivity index (χ1v) is 7.19. The molecule has 0 saturated carbocycles. The van der Waals surface area contributed by atoms with Gasteiger partial charge in [-0.1, -0.05) is 34.1 Å². The third-order valence-electron chi connectivity index (χ3n) is 2.86. The molecule has 0 aliphatic carbocycles. The van der Waals surface area contributed by atoms with Gasteiger partial charge in [0.1, 0.15) is 5.82 Å². The number of hydrogen-bond donors (Lipinski definition) is 2. The van der Waals surface area contributed by atoms with Crippen molar-refractivity contribution >= 4 is 33.3 Å². The fourth-order valence-electron chi connectivity index (χ4n) is 1.83. The molecule has 20 heavy (non-hydrogen) atoms. The summed E-state index contributed by atoms with van der Waals surface area (Å²) in [5.74, 6) is 0.499. The van der Waals surface area contributed by atoms with Crippen LogP contribution in [0.5, 0.6) is 0 Å². The maximum Gasteiger partial charge on any atom is 0.225 e. The van der Waals surface area contributed by atoms with Crippen molar-refractivity contribution in [1.82, 2.24) is 4.98 Å². The van der Waals surface area contributed by atoms with E-state index >= 15 is 0 Å². The lowest BCUT2D eigenvalue weighted by molar-refractivity contribution is -0.116. The maximum absolute atomic E-state index is 11.8. The lowest BCUT2D eigenvalue weighted by Crippen LogP contribution is -2.12. The Balaban J connectivity index is 1.78. The first kappa shape index (κ1) is 14.5. The minimum Gasteiger partial charge on any atom is -0.397 e. The van der Waals surface area contributed by atoms with Gasteiger partial charge >= 0.3 is 0 Å². The van der Waals surface area contributed by atoms with Gasteiger partial charge in [-0.05, 0) is 36.6 Å². The summed E-state index contributed by atoms with van der Waals surface area (Å²) in [6.07, 6.45) is 3.65. The summed E-state index contributed by atoms with van der Waals surface area (Å²) < 4.78 is 1.08. The van der Waals surface area contributed by atoms with Crippen LogP contribution in [0.25, 0.3) is 0 Å². The van der Waals surface area contributed by atoms with Gasteiger partial charge in [-0.15, -0.1) is 0 Å². The molecule has 2 aromatic rings. The second-order valence-corrected chi connectivity index (χ2v) is 5.32. The number of nitrogens with two attached hydrogens (primary N) is 1. The Morgan fingerprint density at radius 3 is 2.75 bits per heavy atom. The zero-order valence-corrected chi connectivity index (χ0v) is 12.6. The molecule has 1 aromatic heterocycles. The molecule has 0 spiro atoms. The fourth-order valence-corrected chi connectivity index (χ4v) is 2.31. The number of nitrogens with one attached hydrogen (secondary N) is 1. The minimum atomic E-state index is -0.0330. The van der Waals surface area contributed by atoms with Crippen LogP contribution in [0.3, 0.4) is 0 Å². The SMILES string of the molecule is Nc1ccc(NC(=O)CCCc2ccccc2Br)nc1. The number of pyridine rings is 1. The van der Waals surface area contributed by atoms with Crippen LogP contribution in [0.2, 0.25) is 0 Å². The van der Waals surface area contributed by atoms with Crippen molar-refractivity contribution in [3.63, 3.8) is 0 Å². The largest absolute Gasteiger partial charge is 0.397 e. The van der Waals surface area contributed by atoms with Crippen LogP contribution in [0.1, 0.15) is 18.4 Å². The van der Waals surface area contributed by atoms with E-state index in [4.69, 9.17) is 5.73 Å². The van der Waals surface area contributed by atoms with Gasteiger partial charge in [0.2, 0.25) is 5.91 Å². The number of carbonyl (C=O) groups is 1. The molecule has 0 radical (unpaired) electrons. The molecule has 5 heteroatoms. The normalized spacial score (nSPS) is 10.2. The van der Waals surface area contributed by atoms with E-state index in [0.717, 1.165) is 17.3 Å². The van der Waals surface area contributed by atoms with E-state index in [2.05, 4.69) is 32.3 Å². The van der Waals surface area contributed by atoms with Crippen LogP contribution in [-0.2, 0) is 11.2 Å². The summed E-state index contributed by atoms with van der Waals surface area (Å²) in [7, 11) is 0. The van der Waals surface area contributed by atoms with Crippen molar-refractivity contribution < 1.29 is 4.79 Å². The zero-order valence-electron chi connectivity index (χ0n) is 11.0. The van der Waals surface area contributed by atoms with Crippen molar-refractivity contribution in [2.75, 3.05) is 11.1 Å². The topological polar surface area (TPSA) is 68.0 Å². The Morgan fingerprint density at radius 1 is 1.25 bits per heavy atom. The Bertz CT molecular complexity index is 584. The van der Waals surface area contributed by atoms with Gasteiger partial charge in [0.15, 0.2) is 0 Å². The van der Waals surface area contributed by atoms with Crippen molar-refractivity contribution in [1.29, 1.82) is 0 Å². The highest BCUT2D eigenvalue weighted by molar-refractivity contribution is 9.10. The summed E-state index contributed by atoms with van der Waals surface area (Å²) in [6.45, 7) is 0. The molecule has 0 saturated heterocycles. The van der Waals surface area contributed by atoms with Gasteiger partial charge in [-0.2, -0.15) is 0 Å². The molecule has 1 heterocycles. The Labute approximate surface area is 126 Å². The molecule has 0 bridgehead atoms. The molecule has 2 rings (SSSR count). The summed E-state index contributed by atoms with van der Waals surface area (Å²) >= 11 is 3.50. The zero-order chi connectivity index (χ0) is 14.4. The van der Waals surface area contributed by atoms with Crippen LogP contribution < -0.4 is 11.1 Å². The lowest BCUT2D eigenvalue weighted by atomic mass is 10.1. The third-order valence-corrected chi connectivity index (χ3v) is 3.64. The Morgan fingerprint density at radius 2 is 2.05 bits per heavy atom. The number of rotatable bonds is 5. The van der Waals surface area contributed by atoms with E-state index in [9.17, 15) is 4.79 Å². The van der Waals surface area contributed by atoms with Crippen molar-refractivity contribution in [2.24, 2.45) is 0 Å². The number of aryl methyl sites for hydroxylation is 1. The molecule has 0 fully saturated rings. The molecule has 0 unspecified atom stereocenters. The highest BCUT2D eigenvalue weighted by atomic mass is 79.9. The minimum absolute atomic E-state index is 0.0330. The monoisotopic (exact) mass is 333 g/mol. The van der Waals surface area contributed by atoms with E-state index < -0.39 is 0 Å². The van der Waals surface area contributed by atoms with E-state index in [0.29, 0.717) is 17.9 Å². The molecular weight excluding hydrogens is 318 g/mol. The average molecular weight is 334 g/mol. The molecule has 1 amide bonds. The number of carbonyl (C=O) groups excluding carboxylic acids is 1. The van der Waals surface area contributed by atoms with Gasteiger partial charge in [0.25, 0.3) is 0 Å². The number of benzene rings is 1. The van der Waals surface area contributed by atoms with Gasteiger partial charge < -0.3 is 11.1 Å². The summed E-state index contributed by atoms with van der Waals surface area (Å²) in [5.41, 5.74) is 7.33. The van der Waals surface area contributed by atoms with Gasteiger partial charge in [-0.3, -0.25) is 4.79 Å². The van der Waals surface area contributed by atoms with E-state index in [1.165, 1.54) is 11.8 Å². The Kier molecular flexibility index (Phi) is 5.12. The third kappa shape index (κ3) is 4.35. The van der Waals surface area contributed by atoms with Gasteiger partial charge in [0, 0.05) is 10.9 Å². The molecule has 0 atom stereocenters. The highest BCUT2D eigenvalue weighted by Crippen LogP contribution is 2.18. The second kappa shape index (κ2) is 7.05. The van der Waals surface area contributed by atoms with Crippen molar-refractivity contribution in [3.05, 3.63) is 52.6 Å². The molecule has 3 N–H and O–H groups in total. The molecular formula is C15H16BrN3O. The molecule has 4 nitrogen and oxygen atoms in total. The Hall–Kier alpha value is -1.88. The predicted molar refractivity (Wildman–Crippen MR) is 84.4 cm³/mol. The molecule has 104 valence electrons. The van der Waals surface area contributed by atoms with Crippen LogP contribution in [0.15, 0.2) is 47.1 Å². The lowest BCUT2D eigenvalue weighted by Gasteiger charge is -2.06. The number of hydrogen-bond acceptors (Lipinski definition) is 3. The van der Waals surface area contributed by atoms with Crippen LogP contribution >= 0.6 is 15.9 Å². The van der Waals surface area contributed by atoms with E-state index in [1.807, 2.05) is 18.2 Å². The van der Waals surface area contributed by atoms with Crippen LogP contribution in [0, 0.1) is 0 Å². The first-order chi connectivity index (χ1) is 9.65. The van der Waals surface area contributed by atoms with Gasteiger partial charge in [-0.25, -0.2) is 4.98 Å². The number of amides is 1. The summed E-state index contributed by atoms with van der Waals surface area (Å²) in [4.78, 5) is 15.8. The van der Waals surface area contributed by atoms with Crippen LogP contribution in [0.4, 0.5) is 11.5 Å². The summed E-state index contributed by atoms with van der Waals surface area (Å²) in [6, 6.07) is 11.5. The highest BCUT2D eigenvalue weighted by Gasteiger charge is 2.04. The summed E-state index contributed by atoms with van der Waals surface area (Å²) in [5, 5.41) is 2.75. The van der Waals surface area contributed by atoms with Crippen molar-refractivity contribution in [2.45, 2.75) is 19.3 Å². The number of nitrogen functional groups attached to an aromatic ring is 1. The smallest absolute Gasteiger partial charge is 0.225 e. The molecule has 0 aliphatic heterocycles. The number of halogens is 1. The molecule has 1 aromatic carbocycles. The number of anilines is 2. The standard InChI is InChI=1S/C15H16BrN3O/c16-13-6-2-1-4-11(13)5-3-7-15(20)19-14-9-8-12(17)10-18-14/h1-2,4,6,8-10H,3,5,7,17H2,(H,18,19,20). The first-order valence-electron chi connectivity index (χ1n) is 6.40. The quantitative estimate of drug-likeness (QED) is 0.881.